The third-order valence-electron chi connectivity index (χ3n) is 4.51. The number of halogens is 3. The Bertz CT molecular complexity index is 681. The fourth-order valence-electron chi connectivity index (χ4n) is 2.99. The van der Waals surface area contributed by atoms with Crippen molar-refractivity contribution in [3.63, 3.8) is 0 Å². The fraction of sp³-hybridized carbons (Fsp3) is 0.444. The summed E-state index contributed by atoms with van der Waals surface area (Å²) in [5, 5.41) is 0. The van der Waals surface area contributed by atoms with Crippen molar-refractivity contribution < 1.29 is 17.6 Å². The van der Waals surface area contributed by atoms with Gasteiger partial charge in [-0.25, -0.2) is 0 Å². The zero-order valence-electron chi connectivity index (χ0n) is 13.9. The molecule has 0 spiro atoms. The molecule has 0 aliphatic carbocycles. The minimum absolute atomic E-state index is 0.594. The monoisotopic (exact) mass is 338 g/mol. The Morgan fingerprint density at radius 2 is 1.75 bits per heavy atom. The van der Waals surface area contributed by atoms with Crippen LogP contribution < -0.4 is 4.90 Å². The lowest BCUT2D eigenvalue weighted by Gasteiger charge is -2.35. The third-order valence-corrected chi connectivity index (χ3v) is 4.51. The van der Waals surface area contributed by atoms with E-state index in [2.05, 4.69) is 11.0 Å². The second kappa shape index (κ2) is 6.51. The molecule has 1 aliphatic rings. The van der Waals surface area contributed by atoms with E-state index in [1.165, 1.54) is 12.1 Å². The molecule has 0 atom stereocenters. The van der Waals surface area contributed by atoms with Crippen molar-refractivity contribution in [1.29, 1.82) is 0 Å². The van der Waals surface area contributed by atoms with Crippen LogP contribution in [0, 0.1) is 13.8 Å². The van der Waals surface area contributed by atoms with Crippen molar-refractivity contribution in [2.45, 2.75) is 26.6 Å². The standard InChI is InChI=1S/C18H21F3N2O/c1-13-10-17(24-14(13)2)12-22-6-8-23(9-7-22)16-5-3-4-15(11-16)18(19,20)21/h3-5,10-11H,6-9,12H2,1-2H3. The second-order valence-corrected chi connectivity index (χ2v) is 6.26. The number of furan rings is 1. The van der Waals surface area contributed by atoms with Gasteiger partial charge in [0, 0.05) is 31.9 Å². The molecule has 1 saturated heterocycles. The molecule has 2 heterocycles. The molecule has 130 valence electrons. The molecule has 0 bridgehead atoms. The molecule has 6 heteroatoms. The number of hydrogen-bond acceptors (Lipinski definition) is 3. The van der Waals surface area contributed by atoms with Crippen LogP contribution in [0.25, 0.3) is 0 Å². The first-order valence-electron chi connectivity index (χ1n) is 8.03. The van der Waals surface area contributed by atoms with Crippen molar-refractivity contribution in [2.75, 3.05) is 31.1 Å². The molecule has 1 fully saturated rings. The molecule has 2 aromatic rings. The first kappa shape index (κ1) is 16.9. The molecule has 24 heavy (non-hydrogen) atoms. The molecule has 3 rings (SSSR count). The van der Waals surface area contributed by atoms with Crippen LogP contribution in [0.15, 0.2) is 34.7 Å². The van der Waals surface area contributed by atoms with Crippen molar-refractivity contribution in [1.82, 2.24) is 4.90 Å². The van der Waals surface area contributed by atoms with Crippen LogP contribution in [-0.4, -0.2) is 31.1 Å². The molecule has 1 aliphatic heterocycles. The number of nitrogens with zero attached hydrogens (tertiary/aromatic N) is 2. The summed E-state index contributed by atoms with van der Waals surface area (Å²) in [6, 6.07) is 7.60. The van der Waals surface area contributed by atoms with Gasteiger partial charge in [-0.15, -0.1) is 0 Å². The van der Waals surface area contributed by atoms with E-state index in [4.69, 9.17) is 4.42 Å². The summed E-state index contributed by atoms with van der Waals surface area (Å²) in [5.74, 6) is 1.88. The lowest BCUT2D eigenvalue weighted by Crippen LogP contribution is -2.46. The summed E-state index contributed by atoms with van der Waals surface area (Å²) in [7, 11) is 0. The van der Waals surface area contributed by atoms with Crippen LogP contribution in [0.5, 0.6) is 0 Å². The highest BCUT2D eigenvalue weighted by molar-refractivity contribution is 5.49. The Balaban J connectivity index is 1.61. The summed E-state index contributed by atoms with van der Waals surface area (Å²) >= 11 is 0. The lowest BCUT2D eigenvalue weighted by atomic mass is 10.1. The van der Waals surface area contributed by atoms with Gasteiger partial charge in [0.1, 0.15) is 11.5 Å². The molecule has 3 nitrogen and oxygen atoms in total. The molecule has 0 saturated carbocycles. The van der Waals surface area contributed by atoms with Crippen LogP contribution in [-0.2, 0) is 12.7 Å². The number of piperazine rings is 1. The SMILES string of the molecule is Cc1cc(CN2CCN(c3cccc(C(F)(F)F)c3)CC2)oc1C. The maximum absolute atomic E-state index is 12.8. The van der Waals surface area contributed by atoms with E-state index in [9.17, 15) is 13.2 Å². The fourth-order valence-corrected chi connectivity index (χ4v) is 2.99. The van der Waals surface area contributed by atoms with Crippen LogP contribution in [0.4, 0.5) is 18.9 Å². The number of anilines is 1. The zero-order valence-corrected chi connectivity index (χ0v) is 13.9. The topological polar surface area (TPSA) is 19.6 Å². The Morgan fingerprint density at radius 1 is 1.04 bits per heavy atom. The first-order valence-corrected chi connectivity index (χ1v) is 8.03. The van der Waals surface area contributed by atoms with Gasteiger partial charge in [-0.2, -0.15) is 13.2 Å². The van der Waals surface area contributed by atoms with Gasteiger partial charge in [-0.3, -0.25) is 4.90 Å². The van der Waals surface area contributed by atoms with Gasteiger partial charge < -0.3 is 9.32 Å². The van der Waals surface area contributed by atoms with E-state index >= 15 is 0 Å². The van der Waals surface area contributed by atoms with Gasteiger partial charge >= 0.3 is 6.18 Å². The summed E-state index contributed by atoms with van der Waals surface area (Å²) in [4.78, 5) is 4.27. The van der Waals surface area contributed by atoms with Gasteiger partial charge in [-0.1, -0.05) is 6.07 Å². The largest absolute Gasteiger partial charge is 0.465 e. The van der Waals surface area contributed by atoms with E-state index < -0.39 is 11.7 Å². The molecule has 0 unspecified atom stereocenters. The predicted molar refractivity (Wildman–Crippen MR) is 87.1 cm³/mol. The van der Waals surface area contributed by atoms with E-state index in [0.717, 1.165) is 42.8 Å². The molecule has 0 N–H and O–H groups in total. The molecular formula is C18H21F3N2O. The van der Waals surface area contributed by atoms with Crippen LogP contribution >= 0.6 is 0 Å². The van der Waals surface area contributed by atoms with E-state index in [0.29, 0.717) is 18.8 Å². The summed E-state index contributed by atoms with van der Waals surface area (Å²) in [5.41, 5.74) is 1.19. The van der Waals surface area contributed by atoms with Gasteiger partial charge in [0.2, 0.25) is 0 Å². The highest BCUT2D eigenvalue weighted by Gasteiger charge is 2.31. The molecule has 0 radical (unpaired) electrons. The van der Waals surface area contributed by atoms with Crippen molar-refractivity contribution in [3.8, 4) is 0 Å². The number of rotatable bonds is 3. The number of aryl methyl sites for hydroxylation is 2. The minimum Gasteiger partial charge on any atom is -0.465 e. The Labute approximate surface area is 139 Å². The first-order chi connectivity index (χ1) is 11.3. The highest BCUT2D eigenvalue weighted by Crippen LogP contribution is 2.32. The van der Waals surface area contributed by atoms with Gasteiger partial charge in [-0.05, 0) is 43.7 Å². The second-order valence-electron chi connectivity index (χ2n) is 6.26. The van der Waals surface area contributed by atoms with Crippen molar-refractivity contribution in [2.24, 2.45) is 0 Å². The van der Waals surface area contributed by atoms with Crippen LogP contribution in [0.3, 0.4) is 0 Å². The summed E-state index contributed by atoms with van der Waals surface area (Å²) in [6.07, 6.45) is -4.30. The normalized spacial score (nSPS) is 16.6. The van der Waals surface area contributed by atoms with Gasteiger partial charge in [0.05, 0.1) is 12.1 Å². The Morgan fingerprint density at radius 3 is 2.33 bits per heavy atom. The average Bonchev–Trinajstić information content (AvgIpc) is 2.85. The van der Waals surface area contributed by atoms with Crippen molar-refractivity contribution in [3.05, 3.63) is 53.0 Å². The third kappa shape index (κ3) is 3.75. The highest BCUT2D eigenvalue weighted by atomic mass is 19.4. The van der Waals surface area contributed by atoms with E-state index in [-0.39, 0.29) is 0 Å². The molecular weight excluding hydrogens is 317 g/mol. The zero-order chi connectivity index (χ0) is 17.3. The number of hydrogen-bond donors (Lipinski definition) is 0. The maximum Gasteiger partial charge on any atom is 0.416 e. The van der Waals surface area contributed by atoms with E-state index in [1.807, 2.05) is 18.7 Å². The molecule has 0 amide bonds. The Hall–Kier alpha value is -1.95. The molecule has 1 aromatic heterocycles. The lowest BCUT2D eigenvalue weighted by molar-refractivity contribution is -0.137. The maximum atomic E-state index is 12.8. The van der Waals surface area contributed by atoms with Crippen molar-refractivity contribution >= 4 is 5.69 Å². The van der Waals surface area contributed by atoms with Gasteiger partial charge in [0.15, 0.2) is 0 Å². The van der Waals surface area contributed by atoms with Crippen LogP contribution in [0.1, 0.15) is 22.6 Å². The van der Waals surface area contributed by atoms with Crippen LogP contribution in [0.2, 0.25) is 0 Å². The minimum atomic E-state index is -4.30. The summed E-state index contributed by atoms with van der Waals surface area (Å²) in [6.45, 7) is 7.73. The number of benzene rings is 1. The Kier molecular flexibility index (Phi) is 4.58. The summed E-state index contributed by atoms with van der Waals surface area (Å²) < 4.78 is 44.2. The number of alkyl halides is 3. The average molecular weight is 338 g/mol. The van der Waals surface area contributed by atoms with Gasteiger partial charge in [0.25, 0.3) is 0 Å². The van der Waals surface area contributed by atoms with E-state index in [1.54, 1.807) is 6.07 Å². The predicted octanol–water partition coefficient (Wildman–Crippen LogP) is 4.24. The molecule has 1 aromatic carbocycles. The quantitative estimate of drug-likeness (QED) is 0.835. The smallest absolute Gasteiger partial charge is 0.416 e.